The van der Waals surface area contributed by atoms with Crippen molar-refractivity contribution in [3.8, 4) is 0 Å². The van der Waals surface area contributed by atoms with E-state index < -0.39 is 36.2 Å². The fraction of sp³-hybridized carbons (Fsp3) is 0.476. The molecule has 34 heavy (non-hydrogen) atoms. The minimum absolute atomic E-state index is 0.0692. The Balaban J connectivity index is 1.88. The van der Waals surface area contributed by atoms with E-state index in [1.54, 1.807) is 24.3 Å². The van der Waals surface area contributed by atoms with Gasteiger partial charge in [0.05, 0.1) is 20.1 Å². The zero-order valence-corrected chi connectivity index (χ0v) is 18.9. The monoisotopic (exact) mass is 479 g/mol. The smallest absolute Gasteiger partial charge is 0.407 e. The molecule has 0 unspecified atom stereocenters. The van der Waals surface area contributed by atoms with Crippen LogP contribution in [0.2, 0.25) is 0 Å². The van der Waals surface area contributed by atoms with Crippen LogP contribution in [-0.4, -0.2) is 78.3 Å². The lowest BCUT2D eigenvalue weighted by Crippen LogP contribution is -2.49. The maximum atomic E-state index is 12.4. The average molecular weight is 479 g/mol. The van der Waals surface area contributed by atoms with Gasteiger partial charge in [0.15, 0.2) is 11.9 Å². The van der Waals surface area contributed by atoms with E-state index in [1.807, 2.05) is 6.92 Å². The van der Waals surface area contributed by atoms with Gasteiger partial charge in [-0.1, -0.05) is 47.9 Å². The number of nitrogens with two attached hydrogens (primary N) is 1. The van der Waals surface area contributed by atoms with Crippen molar-refractivity contribution in [2.75, 3.05) is 20.3 Å². The number of amidine groups is 1. The van der Waals surface area contributed by atoms with Crippen molar-refractivity contribution in [1.29, 1.82) is 0 Å². The zero-order chi connectivity index (χ0) is 25.1. The van der Waals surface area contributed by atoms with Crippen LogP contribution in [0.3, 0.4) is 0 Å². The number of nitrogens with zero attached hydrogens (tertiary/aromatic N) is 2. The number of amides is 2. The number of carbonyl (C=O) groups excluding carboxylic acids is 3. The lowest BCUT2D eigenvalue weighted by atomic mass is 9.99. The predicted molar refractivity (Wildman–Crippen MR) is 119 cm³/mol. The van der Waals surface area contributed by atoms with Gasteiger partial charge in [-0.15, -0.1) is 0 Å². The Morgan fingerprint density at radius 3 is 2.62 bits per heavy atom. The second-order valence-electron chi connectivity index (χ2n) is 7.35. The molecule has 0 spiro atoms. The summed E-state index contributed by atoms with van der Waals surface area (Å²) in [7, 11) is 1.15. The van der Waals surface area contributed by atoms with Gasteiger partial charge in [0.1, 0.15) is 17.9 Å². The molecule has 0 fully saturated rings. The number of aliphatic hydroxyl groups is 1. The Morgan fingerprint density at radius 1 is 1.29 bits per heavy atom. The first kappa shape index (κ1) is 26.4. The third-order valence-corrected chi connectivity index (χ3v) is 4.90. The number of benzene rings is 1. The summed E-state index contributed by atoms with van der Waals surface area (Å²) in [5.41, 5.74) is 6.74. The highest BCUT2D eigenvalue weighted by atomic mass is 16.7. The number of methoxy groups -OCH3 is 1. The first-order chi connectivity index (χ1) is 16.3. The maximum Gasteiger partial charge on any atom is 0.407 e. The molecule has 186 valence electrons. The quantitative estimate of drug-likeness (QED) is 0.0714. The third-order valence-electron chi connectivity index (χ3n) is 4.90. The van der Waals surface area contributed by atoms with Crippen LogP contribution in [0.15, 0.2) is 34.6 Å². The van der Waals surface area contributed by atoms with E-state index in [1.165, 1.54) is 0 Å². The molecule has 2 rings (SSSR count). The highest BCUT2D eigenvalue weighted by Gasteiger charge is 2.35. The second-order valence-corrected chi connectivity index (χ2v) is 7.35. The fourth-order valence-corrected chi connectivity index (χ4v) is 2.95. The maximum absolute atomic E-state index is 12.4. The van der Waals surface area contributed by atoms with Crippen molar-refractivity contribution in [1.82, 2.24) is 10.6 Å². The summed E-state index contributed by atoms with van der Waals surface area (Å²) in [4.78, 5) is 41.3. The number of aliphatic hydroxyl groups excluding tert-OH is 1. The van der Waals surface area contributed by atoms with Crippen molar-refractivity contribution in [2.45, 2.75) is 44.4 Å². The van der Waals surface area contributed by atoms with Gasteiger partial charge in [0, 0.05) is 17.7 Å². The molecule has 0 saturated heterocycles. The molecule has 6 N–H and O–H groups in total. The number of carbonyl (C=O) groups is 3. The highest BCUT2D eigenvalue weighted by molar-refractivity contribution is 6.06. The summed E-state index contributed by atoms with van der Waals surface area (Å²) in [5, 5.41) is 30.9. The Hall–Kier alpha value is -3.87. The van der Waals surface area contributed by atoms with Crippen LogP contribution in [0.25, 0.3) is 0 Å². The van der Waals surface area contributed by atoms with Crippen molar-refractivity contribution < 1.29 is 39.0 Å². The summed E-state index contributed by atoms with van der Waals surface area (Å²) >= 11 is 0. The van der Waals surface area contributed by atoms with Gasteiger partial charge in [-0.05, 0) is 6.42 Å². The van der Waals surface area contributed by atoms with E-state index in [9.17, 15) is 19.5 Å². The molecule has 0 aromatic heterocycles. The normalized spacial score (nSPS) is 18.3. The number of esters is 1. The highest BCUT2D eigenvalue weighted by Crippen LogP contribution is 2.20. The molecular formula is C21H29N5O8. The topological polar surface area (TPSA) is 194 Å². The molecule has 0 saturated carbocycles. The molecule has 1 aliphatic heterocycles. The number of alkyl carbamates (subject to hydrolysis) is 1. The molecule has 1 heterocycles. The SMILES string of the molecule is CCCCOC(=O)N[C@@H](CNC(=O)C[C@@H]1ON=C(c2ccc(/C(N)=N/O)cc2)[C@H]1O)C(=O)OC. The van der Waals surface area contributed by atoms with Crippen molar-refractivity contribution >= 4 is 29.5 Å². The van der Waals surface area contributed by atoms with Crippen LogP contribution in [0.4, 0.5) is 4.79 Å². The Labute approximate surface area is 195 Å². The van der Waals surface area contributed by atoms with E-state index in [0.717, 1.165) is 13.5 Å². The minimum atomic E-state index is -1.19. The molecule has 0 aliphatic carbocycles. The zero-order valence-electron chi connectivity index (χ0n) is 18.9. The molecule has 0 radical (unpaired) electrons. The molecule has 13 nitrogen and oxygen atoms in total. The van der Waals surface area contributed by atoms with Crippen molar-refractivity contribution in [3.05, 3.63) is 35.4 Å². The average Bonchev–Trinajstić information content (AvgIpc) is 3.20. The van der Waals surface area contributed by atoms with Gasteiger partial charge in [-0.25, -0.2) is 9.59 Å². The minimum Gasteiger partial charge on any atom is -0.467 e. The molecular weight excluding hydrogens is 450 g/mol. The third kappa shape index (κ3) is 7.33. The standard InChI is InChI=1S/C21H29N5O8/c1-3-4-9-33-21(30)24-14(20(29)32-2)11-23-16(27)10-15-18(28)17(26-34-15)12-5-7-13(8-6-12)19(22)25-31/h5-8,14-15,18,28,31H,3-4,9-11H2,1-2H3,(H2,22,25)(H,23,27)(H,24,30)/t14-,15-,18-/m0/s1. The van der Waals surface area contributed by atoms with Crippen molar-refractivity contribution in [2.24, 2.45) is 16.0 Å². The van der Waals surface area contributed by atoms with Gasteiger partial charge < -0.3 is 41.0 Å². The second kappa shape index (κ2) is 13.0. The van der Waals surface area contributed by atoms with Crippen molar-refractivity contribution in [3.63, 3.8) is 0 Å². The van der Waals surface area contributed by atoms with Crippen LogP contribution in [0.1, 0.15) is 37.3 Å². The molecule has 1 aromatic rings. The number of hydrogen-bond acceptors (Lipinski definition) is 10. The van der Waals surface area contributed by atoms with Gasteiger partial charge >= 0.3 is 12.1 Å². The van der Waals surface area contributed by atoms with Crippen LogP contribution >= 0.6 is 0 Å². The first-order valence-electron chi connectivity index (χ1n) is 10.6. The molecule has 2 amide bonds. The fourth-order valence-electron chi connectivity index (χ4n) is 2.95. The lowest BCUT2D eigenvalue weighted by molar-refractivity contribution is -0.143. The Kier molecular flexibility index (Phi) is 10.1. The van der Waals surface area contributed by atoms with Crippen LogP contribution < -0.4 is 16.4 Å². The summed E-state index contributed by atoms with van der Waals surface area (Å²) < 4.78 is 9.59. The number of nitrogens with one attached hydrogen (secondary N) is 2. The van der Waals surface area contributed by atoms with Crippen LogP contribution in [0.5, 0.6) is 0 Å². The van der Waals surface area contributed by atoms with Gasteiger partial charge in [-0.2, -0.15) is 0 Å². The first-order valence-corrected chi connectivity index (χ1v) is 10.6. The van der Waals surface area contributed by atoms with E-state index in [-0.39, 0.29) is 31.1 Å². The summed E-state index contributed by atoms with van der Waals surface area (Å²) in [6, 6.07) is 5.21. The van der Waals surface area contributed by atoms with Crippen LogP contribution in [-0.2, 0) is 23.9 Å². The number of hydrogen-bond donors (Lipinski definition) is 5. The van der Waals surface area contributed by atoms with E-state index in [0.29, 0.717) is 17.5 Å². The van der Waals surface area contributed by atoms with Gasteiger partial charge in [0.25, 0.3) is 0 Å². The van der Waals surface area contributed by atoms with E-state index in [4.69, 9.17) is 20.5 Å². The summed E-state index contributed by atoms with van der Waals surface area (Å²) in [6.45, 7) is 1.89. The number of rotatable bonds is 11. The Bertz CT molecular complexity index is 918. The molecule has 13 heteroatoms. The summed E-state index contributed by atoms with van der Waals surface area (Å²) in [5.74, 6) is -1.37. The number of ether oxygens (including phenoxy) is 2. The van der Waals surface area contributed by atoms with E-state index >= 15 is 0 Å². The number of unbranched alkanes of at least 4 members (excludes halogenated alkanes) is 1. The molecule has 1 aromatic carbocycles. The predicted octanol–water partition coefficient (Wildman–Crippen LogP) is -0.181. The molecule has 3 atom stereocenters. The van der Waals surface area contributed by atoms with Crippen LogP contribution in [0, 0.1) is 0 Å². The molecule has 0 bridgehead atoms. The summed E-state index contributed by atoms with van der Waals surface area (Å²) in [6.07, 6.45) is -1.70. The lowest BCUT2D eigenvalue weighted by Gasteiger charge is -2.18. The number of oxime groups is 2. The van der Waals surface area contributed by atoms with E-state index in [2.05, 4.69) is 25.7 Å². The van der Waals surface area contributed by atoms with Gasteiger partial charge in [0.2, 0.25) is 5.91 Å². The largest absolute Gasteiger partial charge is 0.467 e. The molecule has 1 aliphatic rings. The Morgan fingerprint density at radius 2 is 2.00 bits per heavy atom. The van der Waals surface area contributed by atoms with Gasteiger partial charge in [-0.3, -0.25) is 4.79 Å².